The monoisotopic (exact) mass is 429 g/mol. The van der Waals surface area contributed by atoms with Gasteiger partial charge in [-0.1, -0.05) is 90.5 Å². The molecule has 5 aromatic rings. The van der Waals surface area contributed by atoms with Gasteiger partial charge in [-0.3, -0.25) is 0 Å². The van der Waals surface area contributed by atoms with Gasteiger partial charge in [-0.2, -0.15) is 0 Å². The van der Waals surface area contributed by atoms with Crippen LogP contribution in [0.2, 0.25) is 5.02 Å². The molecular weight excluding hydrogens is 414 g/mol. The van der Waals surface area contributed by atoms with Gasteiger partial charge in [-0.15, -0.1) is 0 Å². The lowest BCUT2D eigenvalue weighted by Crippen LogP contribution is -1.92. The van der Waals surface area contributed by atoms with E-state index in [1.165, 1.54) is 0 Å². The maximum absolute atomic E-state index is 6.88. The highest BCUT2D eigenvalue weighted by molar-refractivity contribution is 6.42. The van der Waals surface area contributed by atoms with Crippen LogP contribution in [0.4, 0.5) is 0 Å². The third kappa shape index (κ3) is 2.33. The fourth-order valence-electron chi connectivity index (χ4n) is 4.92. The summed E-state index contributed by atoms with van der Waals surface area (Å²) in [6.07, 6.45) is 0. The van der Waals surface area contributed by atoms with E-state index in [0.717, 1.165) is 71.0 Å². The number of para-hydroxylation sites is 2. The van der Waals surface area contributed by atoms with E-state index in [0.29, 0.717) is 0 Å². The molecule has 2 heterocycles. The molecule has 150 valence electrons. The van der Waals surface area contributed by atoms with E-state index in [1.807, 2.05) is 36.4 Å². The van der Waals surface area contributed by atoms with Gasteiger partial charge in [0, 0.05) is 27.1 Å². The minimum absolute atomic E-state index is 0.766. The van der Waals surface area contributed by atoms with Crippen LogP contribution in [0.3, 0.4) is 0 Å². The predicted octanol–water partition coefficient (Wildman–Crippen LogP) is 8.71. The fraction of sp³-hybridized carbons (Fsp3) is 0. The lowest BCUT2D eigenvalue weighted by atomic mass is 9.91. The zero-order chi connectivity index (χ0) is 21.2. The average Bonchev–Trinajstić information content (AvgIpc) is 3.24. The van der Waals surface area contributed by atoms with Gasteiger partial charge in [0.2, 0.25) is 0 Å². The lowest BCUT2D eigenvalue weighted by molar-refractivity contribution is 0.623. The normalized spacial score (nSPS) is 11.9. The lowest BCUT2D eigenvalue weighted by Gasteiger charge is -2.17. The Morgan fingerprint density at radius 2 is 1.06 bits per heavy atom. The molecule has 0 bridgehead atoms. The van der Waals surface area contributed by atoms with Gasteiger partial charge >= 0.3 is 0 Å². The first-order chi connectivity index (χ1) is 15.8. The standard InChI is InChI=1S/C29H16ClNO/c30-27-19-11-3-1-9-17(19)25(18-10-2-4-12-20(18)27)29-26-21-13-5-7-15-23(21)31-28(26)22-14-6-8-16-24(22)32-29/h1-16H. The molecule has 7 rings (SSSR count). The van der Waals surface area contributed by atoms with Crippen molar-refractivity contribution in [2.45, 2.75) is 0 Å². The minimum atomic E-state index is 0.766. The zero-order valence-corrected chi connectivity index (χ0v) is 17.7. The summed E-state index contributed by atoms with van der Waals surface area (Å²) in [4.78, 5) is 5.02. The Morgan fingerprint density at radius 1 is 0.531 bits per heavy atom. The topological polar surface area (TPSA) is 26.0 Å². The molecule has 0 fully saturated rings. The molecule has 2 nitrogen and oxygen atoms in total. The first-order valence-electron chi connectivity index (χ1n) is 10.6. The summed E-state index contributed by atoms with van der Waals surface area (Å²) < 4.78 is 6.70. The molecule has 3 heteroatoms. The second-order valence-corrected chi connectivity index (χ2v) is 8.44. The second kappa shape index (κ2) is 6.56. The van der Waals surface area contributed by atoms with Crippen LogP contribution in [-0.4, -0.2) is 4.98 Å². The van der Waals surface area contributed by atoms with E-state index in [2.05, 4.69) is 60.7 Å². The predicted molar refractivity (Wildman–Crippen MR) is 134 cm³/mol. The molecular formula is C29H16ClNO. The van der Waals surface area contributed by atoms with Crippen LogP contribution in [0.1, 0.15) is 0 Å². The van der Waals surface area contributed by atoms with E-state index in [9.17, 15) is 0 Å². The first kappa shape index (κ1) is 17.8. The average molecular weight is 430 g/mol. The summed E-state index contributed by atoms with van der Waals surface area (Å²) in [6.45, 7) is 0. The van der Waals surface area contributed by atoms with Crippen LogP contribution < -0.4 is 0 Å². The number of hydrogen-bond donors (Lipinski definition) is 0. The Labute approximate surface area is 189 Å². The first-order valence-corrected chi connectivity index (χ1v) is 11.0. The number of nitrogens with zero attached hydrogens (tertiary/aromatic N) is 1. The number of benzene rings is 5. The van der Waals surface area contributed by atoms with Crippen LogP contribution in [0.15, 0.2) is 101 Å². The Balaban J connectivity index is 1.78. The highest BCUT2D eigenvalue weighted by Crippen LogP contribution is 2.49. The summed E-state index contributed by atoms with van der Waals surface area (Å²) in [5.74, 6) is 0.830. The van der Waals surface area contributed by atoms with Gasteiger partial charge < -0.3 is 4.42 Å². The van der Waals surface area contributed by atoms with E-state index in [1.54, 1.807) is 0 Å². The molecule has 0 radical (unpaired) electrons. The van der Waals surface area contributed by atoms with E-state index >= 15 is 0 Å². The summed E-state index contributed by atoms with van der Waals surface area (Å²) >= 11 is 6.88. The second-order valence-electron chi connectivity index (χ2n) is 8.06. The van der Waals surface area contributed by atoms with E-state index in [-0.39, 0.29) is 0 Å². The van der Waals surface area contributed by atoms with E-state index < -0.39 is 0 Å². The molecule has 0 aliphatic carbocycles. The maximum atomic E-state index is 6.88. The van der Waals surface area contributed by atoms with Crippen molar-refractivity contribution in [1.29, 1.82) is 0 Å². The minimum Gasteiger partial charge on any atom is -0.455 e. The summed E-state index contributed by atoms with van der Waals surface area (Å²) in [5, 5.41) is 7.05. The van der Waals surface area contributed by atoms with Crippen molar-refractivity contribution in [2.75, 3.05) is 0 Å². The van der Waals surface area contributed by atoms with Crippen molar-refractivity contribution in [2.24, 2.45) is 0 Å². The summed E-state index contributed by atoms with van der Waals surface area (Å²) in [5.41, 5.74) is 4.84. The fourth-order valence-corrected chi connectivity index (χ4v) is 5.25. The molecule has 2 aliphatic heterocycles. The third-order valence-electron chi connectivity index (χ3n) is 6.32. The smallest absolute Gasteiger partial charge is 0.146 e. The Hall–Kier alpha value is -3.88. The number of halogens is 1. The molecule has 0 aromatic heterocycles. The van der Waals surface area contributed by atoms with Crippen molar-refractivity contribution in [3.63, 3.8) is 0 Å². The quantitative estimate of drug-likeness (QED) is 0.244. The highest BCUT2D eigenvalue weighted by atomic mass is 35.5. The van der Waals surface area contributed by atoms with Crippen molar-refractivity contribution in [3.05, 3.63) is 102 Å². The van der Waals surface area contributed by atoms with Crippen molar-refractivity contribution < 1.29 is 4.42 Å². The molecule has 0 unspecified atom stereocenters. The molecule has 0 amide bonds. The van der Waals surface area contributed by atoms with Crippen LogP contribution in [0.25, 0.3) is 66.0 Å². The molecule has 0 spiro atoms. The van der Waals surface area contributed by atoms with Crippen LogP contribution in [0.5, 0.6) is 0 Å². The van der Waals surface area contributed by atoms with Gasteiger partial charge in [0.1, 0.15) is 11.3 Å². The number of rotatable bonds is 1. The number of fused-ring (bicyclic) bond motifs is 7. The molecule has 0 atom stereocenters. The highest BCUT2D eigenvalue weighted by Gasteiger charge is 2.26. The molecule has 0 saturated carbocycles. The Kier molecular flexibility index (Phi) is 3.64. The maximum Gasteiger partial charge on any atom is 0.146 e. The Morgan fingerprint density at radius 3 is 1.75 bits per heavy atom. The van der Waals surface area contributed by atoms with Crippen molar-refractivity contribution >= 4 is 55.0 Å². The van der Waals surface area contributed by atoms with Crippen LogP contribution >= 0.6 is 11.6 Å². The molecule has 0 N–H and O–H groups in total. The molecule has 5 aromatic carbocycles. The van der Waals surface area contributed by atoms with Gasteiger partial charge in [0.05, 0.1) is 21.8 Å². The summed E-state index contributed by atoms with van der Waals surface area (Å²) in [7, 11) is 0. The van der Waals surface area contributed by atoms with Gasteiger partial charge in [0.15, 0.2) is 0 Å². The van der Waals surface area contributed by atoms with Gasteiger partial charge in [-0.05, 0) is 29.0 Å². The Bertz CT molecular complexity index is 1740. The van der Waals surface area contributed by atoms with Gasteiger partial charge in [0.25, 0.3) is 0 Å². The van der Waals surface area contributed by atoms with Crippen molar-refractivity contribution in [3.8, 4) is 22.6 Å². The van der Waals surface area contributed by atoms with Gasteiger partial charge in [-0.25, -0.2) is 4.98 Å². The summed E-state index contributed by atoms with van der Waals surface area (Å²) in [6, 6.07) is 33.0. The zero-order valence-electron chi connectivity index (χ0n) is 17.0. The largest absolute Gasteiger partial charge is 0.455 e. The number of aromatic nitrogens is 1. The van der Waals surface area contributed by atoms with Crippen LogP contribution in [0, 0.1) is 0 Å². The van der Waals surface area contributed by atoms with E-state index in [4.69, 9.17) is 21.0 Å². The van der Waals surface area contributed by atoms with Crippen molar-refractivity contribution in [1.82, 2.24) is 4.98 Å². The third-order valence-corrected chi connectivity index (χ3v) is 6.72. The molecule has 0 saturated heterocycles. The molecule has 2 aliphatic rings. The SMILES string of the molecule is Clc1c2ccccc2c(-c2oc3ccccc3c3nc4ccccc4c2-3)c2ccccc12. The number of hydrogen-bond acceptors (Lipinski definition) is 2. The van der Waals surface area contributed by atoms with Crippen LogP contribution in [-0.2, 0) is 0 Å². The molecule has 32 heavy (non-hydrogen) atoms.